The van der Waals surface area contributed by atoms with E-state index in [1.54, 1.807) is 12.3 Å². The van der Waals surface area contributed by atoms with Gasteiger partial charge in [0.15, 0.2) is 0 Å². The lowest BCUT2D eigenvalue weighted by Crippen LogP contribution is -2.27. The summed E-state index contributed by atoms with van der Waals surface area (Å²) in [7, 11) is 0. The Balaban J connectivity index is 2.19. The van der Waals surface area contributed by atoms with Crippen molar-refractivity contribution in [2.45, 2.75) is 25.3 Å². The highest BCUT2D eigenvalue weighted by Gasteiger charge is 2.16. The molecule has 0 unspecified atom stereocenters. The van der Waals surface area contributed by atoms with Gasteiger partial charge in [-0.25, -0.2) is 4.79 Å². The first-order valence-corrected chi connectivity index (χ1v) is 5.19. The second kappa shape index (κ2) is 4.40. The minimum atomic E-state index is -0.917. The molecular weight excluding hydrogens is 192 g/mol. The van der Waals surface area contributed by atoms with Crippen molar-refractivity contribution in [3.05, 3.63) is 29.6 Å². The Bertz CT molecular complexity index is 359. The summed E-state index contributed by atoms with van der Waals surface area (Å²) < 4.78 is 0. The normalized spacial score (nSPS) is 21.2. The molecule has 1 aromatic rings. The van der Waals surface area contributed by atoms with Gasteiger partial charge in [-0.3, -0.25) is 4.98 Å². The Morgan fingerprint density at radius 3 is 3.00 bits per heavy atom. The van der Waals surface area contributed by atoms with Crippen molar-refractivity contribution in [1.29, 1.82) is 0 Å². The lowest BCUT2D eigenvalue weighted by molar-refractivity contribution is 0.0696. The van der Waals surface area contributed by atoms with Crippen LogP contribution >= 0.6 is 0 Å². The number of carbonyl (C=O) groups is 1. The smallest absolute Gasteiger partial charge is 0.337 e. The van der Waals surface area contributed by atoms with E-state index in [2.05, 4.69) is 10.3 Å². The lowest BCUT2D eigenvalue weighted by atomic mass is 9.98. The molecule has 80 valence electrons. The molecule has 2 heterocycles. The van der Waals surface area contributed by atoms with Crippen molar-refractivity contribution in [2.75, 3.05) is 6.54 Å². The van der Waals surface area contributed by atoms with Crippen LogP contribution in [0.3, 0.4) is 0 Å². The number of rotatable bonds is 2. The van der Waals surface area contributed by atoms with Gasteiger partial charge in [-0.15, -0.1) is 0 Å². The lowest BCUT2D eigenvalue weighted by Gasteiger charge is -2.23. The van der Waals surface area contributed by atoms with Crippen LogP contribution < -0.4 is 5.32 Å². The third-order valence-electron chi connectivity index (χ3n) is 2.72. The Kier molecular flexibility index (Phi) is 2.97. The standard InChI is InChI=1S/C11H14N2O2/c14-11(15)9-5-8(6-12-7-9)10-3-1-2-4-13-10/h5-7,10,13H,1-4H2,(H,14,15)/t10-/m0/s1. The zero-order valence-corrected chi connectivity index (χ0v) is 8.44. The number of hydrogen-bond donors (Lipinski definition) is 2. The molecule has 1 atom stereocenters. The number of carboxylic acid groups (broad SMARTS) is 1. The first kappa shape index (κ1) is 10.1. The van der Waals surface area contributed by atoms with Crippen molar-refractivity contribution < 1.29 is 9.90 Å². The van der Waals surface area contributed by atoms with Crippen molar-refractivity contribution in [1.82, 2.24) is 10.3 Å². The number of carboxylic acids is 1. The van der Waals surface area contributed by atoms with Crippen LogP contribution in [0.2, 0.25) is 0 Å². The molecular formula is C11H14N2O2. The summed E-state index contributed by atoms with van der Waals surface area (Å²) in [6.45, 7) is 1.00. The van der Waals surface area contributed by atoms with E-state index >= 15 is 0 Å². The number of aromatic carboxylic acids is 1. The summed E-state index contributed by atoms with van der Waals surface area (Å²) in [6.07, 6.45) is 6.58. The van der Waals surface area contributed by atoms with Crippen molar-refractivity contribution in [3.8, 4) is 0 Å². The molecule has 15 heavy (non-hydrogen) atoms. The average molecular weight is 206 g/mol. The first-order chi connectivity index (χ1) is 7.27. The topological polar surface area (TPSA) is 62.2 Å². The van der Waals surface area contributed by atoms with Crippen LogP contribution in [-0.4, -0.2) is 22.6 Å². The van der Waals surface area contributed by atoms with E-state index in [-0.39, 0.29) is 11.6 Å². The highest BCUT2D eigenvalue weighted by atomic mass is 16.4. The van der Waals surface area contributed by atoms with E-state index in [1.807, 2.05) is 0 Å². The number of hydrogen-bond acceptors (Lipinski definition) is 3. The fourth-order valence-corrected chi connectivity index (χ4v) is 1.90. The zero-order chi connectivity index (χ0) is 10.7. The highest BCUT2D eigenvalue weighted by Crippen LogP contribution is 2.22. The molecule has 0 aliphatic carbocycles. The maximum absolute atomic E-state index is 10.8. The Morgan fingerprint density at radius 2 is 2.33 bits per heavy atom. The average Bonchev–Trinajstić information content (AvgIpc) is 2.30. The number of aromatic nitrogens is 1. The van der Waals surface area contributed by atoms with E-state index in [0.717, 1.165) is 18.5 Å². The Morgan fingerprint density at radius 1 is 1.47 bits per heavy atom. The second-order valence-corrected chi connectivity index (χ2v) is 3.81. The summed E-state index contributed by atoms with van der Waals surface area (Å²) in [5.41, 5.74) is 1.24. The molecule has 0 saturated carbocycles. The van der Waals surface area contributed by atoms with Gasteiger partial charge < -0.3 is 10.4 Å². The third kappa shape index (κ3) is 2.33. The molecule has 0 amide bonds. The summed E-state index contributed by atoms with van der Waals surface area (Å²) >= 11 is 0. The number of pyridine rings is 1. The SMILES string of the molecule is O=C(O)c1cncc([C@@H]2CCCCN2)c1. The van der Waals surface area contributed by atoms with Crippen LogP contribution in [0.4, 0.5) is 0 Å². The first-order valence-electron chi connectivity index (χ1n) is 5.19. The van der Waals surface area contributed by atoms with E-state index in [9.17, 15) is 4.79 Å². The van der Waals surface area contributed by atoms with Crippen molar-refractivity contribution in [3.63, 3.8) is 0 Å². The van der Waals surface area contributed by atoms with Crippen LogP contribution in [0.1, 0.15) is 41.2 Å². The third-order valence-corrected chi connectivity index (χ3v) is 2.72. The van der Waals surface area contributed by atoms with Crippen LogP contribution in [0, 0.1) is 0 Å². The van der Waals surface area contributed by atoms with Crippen LogP contribution in [0.25, 0.3) is 0 Å². The molecule has 0 spiro atoms. The monoisotopic (exact) mass is 206 g/mol. The predicted octanol–water partition coefficient (Wildman–Crippen LogP) is 1.59. The maximum atomic E-state index is 10.8. The van der Waals surface area contributed by atoms with Gasteiger partial charge in [-0.05, 0) is 31.0 Å². The quantitative estimate of drug-likeness (QED) is 0.771. The molecule has 0 bridgehead atoms. The van der Waals surface area contributed by atoms with E-state index in [1.165, 1.54) is 19.0 Å². The van der Waals surface area contributed by atoms with Gasteiger partial charge in [0.05, 0.1) is 5.56 Å². The molecule has 4 heteroatoms. The summed E-state index contributed by atoms with van der Waals surface area (Å²) in [4.78, 5) is 14.7. The number of piperidine rings is 1. The molecule has 1 fully saturated rings. The minimum Gasteiger partial charge on any atom is -0.478 e. The van der Waals surface area contributed by atoms with Gasteiger partial charge in [-0.1, -0.05) is 6.42 Å². The van der Waals surface area contributed by atoms with Gasteiger partial charge in [0.1, 0.15) is 0 Å². The van der Waals surface area contributed by atoms with Gasteiger partial charge in [-0.2, -0.15) is 0 Å². The summed E-state index contributed by atoms with van der Waals surface area (Å²) in [5, 5.41) is 12.2. The maximum Gasteiger partial charge on any atom is 0.337 e. The van der Waals surface area contributed by atoms with Crippen molar-refractivity contribution >= 4 is 5.97 Å². The molecule has 0 radical (unpaired) electrons. The number of nitrogens with zero attached hydrogens (tertiary/aromatic N) is 1. The fourth-order valence-electron chi connectivity index (χ4n) is 1.90. The van der Waals surface area contributed by atoms with Crippen molar-refractivity contribution in [2.24, 2.45) is 0 Å². The molecule has 1 aliphatic heterocycles. The molecule has 1 saturated heterocycles. The largest absolute Gasteiger partial charge is 0.478 e. The molecule has 1 aliphatic rings. The van der Waals surface area contributed by atoms with Gasteiger partial charge >= 0.3 is 5.97 Å². The molecule has 1 aromatic heterocycles. The van der Waals surface area contributed by atoms with Crippen LogP contribution in [0.15, 0.2) is 18.5 Å². The molecule has 2 rings (SSSR count). The molecule has 4 nitrogen and oxygen atoms in total. The van der Waals surface area contributed by atoms with Gasteiger partial charge in [0.2, 0.25) is 0 Å². The fraction of sp³-hybridized carbons (Fsp3) is 0.455. The molecule has 2 N–H and O–H groups in total. The Labute approximate surface area is 88.3 Å². The predicted molar refractivity (Wildman–Crippen MR) is 55.8 cm³/mol. The Hall–Kier alpha value is -1.42. The summed E-state index contributed by atoms with van der Waals surface area (Å²) in [5.74, 6) is -0.917. The number of nitrogens with one attached hydrogen (secondary N) is 1. The van der Waals surface area contributed by atoms with Crippen LogP contribution in [0.5, 0.6) is 0 Å². The van der Waals surface area contributed by atoms with Gasteiger partial charge in [0.25, 0.3) is 0 Å². The highest BCUT2D eigenvalue weighted by molar-refractivity contribution is 5.87. The minimum absolute atomic E-state index is 0.264. The van der Waals surface area contributed by atoms with Crippen LogP contribution in [-0.2, 0) is 0 Å². The van der Waals surface area contributed by atoms with E-state index in [4.69, 9.17) is 5.11 Å². The van der Waals surface area contributed by atoms with E-state index in [0.29, 0.717) is 0 Å². The zero-order valence-electron chi connectivity index (χ0n) is 8.44. The summed E-state index contributed by atoms with van der Waals surface area (Å²) in [6, 6.07) is 1.98. The second-order valence-electron chi connectivity index (χ2n) is 3.81. The van der Waals surface area contributed by atoms with E-state index < -0.39 is 5.97 Å². The van der Waals surface area contributed by atoms with Gasteiger partial charge in [0, 0.05) is 18.4 Å². The molecule has 0 aromatic carbocycles.